The zero-order chi connectivity index (χ0) is 32.8. The number of carbonyl (C=O) groups is 2. The highest BCUT2D eigenvalue weighted by molar-refractivity contribution is 8.00. The molecule has 1 aromatic heterocycles. The molecule has 236 valence electrons. The van der Waals surface area contributed by atoms with Crippen LogP contribution in [0.2, 0.25) is 0 Å². The number of methoxy groups -OCH3 is 2. The summed E-state index contributed by atoms with van der Waals surface area (Å²) in [5.41, 5.74) is 4.78. The van der Waals surface area contributed by atoms with E-state index in [4.69, 9.17) is 9.47 Å². The highest BCUT2D eigenvalue weighted by Crippen LogP contribution is 2.44. The predicted octanol–water partition coefficient (Wildman–Crippen LogP) is 8.63. The average molecular weight is 660 g/mol. The molecule has 0 spiro atoms. The van der Waals surface area contributed by atoms with Crippen molar-refractivity contribution in [1.29, 1.82) is 5.26 Å². The maximum absolute atomic E-state index is 14.0. The van der Waals surface area contributed by atoms with Crippen molar-refractivity contribution in [2.75, 3.05) is 24.9 Å². The Morgan fingerprint density at radius 1 is 0.894 bits per heavy atom. The van der Waals surface area contributed by atoms with Crippen molar-refractivity contribution in [3.63, 3.8) is 0 Å². The van der Waals surface area contributed by atoms with Gasteiger partial charge in [-0.2, -0.15) is 5.26 Å². The summed E-state index contributed by atoms with van der Waals surface area (Å²) in [5, 5.41) is 16.2. The lowest BCUT2D eigenvalue weighted by atomic mass is 9.83. The van der Waals surface area contributed by atoms with E-state index >= 15 is 0 Å². The summed E-state index contributed by atoms with van der Waals surface area (Å²) in [7, 11) is 3.07. The normalized spacial score (nSPS) is 14.3. The number of carbonyl (C=O) groups excluding carboxylic acids is 2. The van der Waals surface area contributed by atoms with Gasteiger partial charge in [-0.1, -0.05) is 66.7 Å². The van der Waals surface area contributed by atoms with Gasteiger partial charge in [0.2, 0.25) is 5.91 Å². The van der Waals surface area contributed by atoms with Gasteiger partial charge < -0.3 is 20.1 Å². The van der Waals surface area contributed by atoms with Crippen LogP contribution in [0.4, 0.5) is 10.7 Å². The standard InChI is InChI=1S/C38H33N3O4S2/c1-44-32-19-17-27(20-33(32)45-2)36(42)40-28-14-9-15-29(22-28)46-35(25-12-7-4-8-13-25)37(43)41-38-31(23-39)30-18-16-26(21-34(30)47-38)24-10-5-3-6-11-24/h3-15,17,19-20,22,26,35H,16,18,21H2,1-2H3,(H,40,42)(H,41,43). The number of anilines is 2. The SMILES string of the molecule is COc1ccc(C(=O)Nc2cccc(SC(C(=O)Nc3sc4c(c3C#N)CCC(c3ccccc3)C4)c3ccccc3)c2)cc1OC. The van der Waals surface area contributed by atoms with Crippen LogP contribution in [-0.2, 0) is 17.6 Å². The first-order valence-corrected chi connectivity index (χ1v) is 16.9. The number of nitrogens with zero attached hydrogens (tertiary/aromatic N) is 1. The number of hydrogen-bond acceptors (Lipinski definition) is 7. The molecule has 0 radical (unpaired) electrons. The highest BCUT2D eigenvalue weighted by Gasteiger charge is 2.29. The van der Waals surface area contributed by atoms with Gasteiger partial charge in [0.05, 0.1) is 19.8 Å². The third kappa shape index (κ3) is 7.19. The molecule has 5 aromatic rings. The van der Waals surface area contributed by atoms with Crippen molar-refractivity contribution >= 4 is 45.6 Å². The Bertz CT molecular complexity index is 1940. The monoisotopic (exact) mass is 659 g/mol. The smallest absolute Gasteiger partial charge is 0.255 e. The van der Waals surface area contributed by atoms with Crippen molar-refractivity contribution < 1.29 is 19.1 Å². The second-order valence-electron chi connectivity index (χ2n) is 11.1. The van der Waals surface area contributed by atoms with Crippen LogP contribution in [0.15, 0.2) is 108 Å². The number of fused-ring (bicyclic) bond motifs is 1. The topological polar surface area (TPSA) is 100 Å². The lowest BCUT2D eigenvalue weighted by Gasteiger charge is -2.22. The number of nitriles is 1. The third-order valence-corrected chi connectivity index (χ3v) is 10.6. The zero-order valence-electron chi connectivity index (χ0n) is 26.0. The van der Waals surface area contributed by atoms with E-state index in [2.05, 4.69) is 41.0 Å². The van der Waals surface area contributed by atoms with Crippen LogP contribution in [0, 0.1) is 11.3 Å². The Balaban J connectivity index is 1.21. The van der Waals surface area contributed by atoms with E-state index in [-0.39, 0.29) is 11.8 Å². The van der Waals surface area contributed by atoms with Crippen LogP contribution in [-0.4, -0.2) is 26.0 Å². The molecule has 9 heteroatoms. The van der Waals surface area contributed by atoms with Gasteiger partial charge in [-0.05, 0) is 78.3 Å². The Labute approximate surface area is 282 Å². The summed E-state index contributed by atoms with van der Waals surface area (Å²) >= 11 is 2.90. The maximum atomic E-state index is 14.0. The van der Waals surface area contributed by atoms with E-state index in [9.17, 15) is 14.9 Å². The van der Waals surface area contributed by atoms with Crippen molar-refractivity contribution in [1.82, 2.24) is 0 Å². The predicted molar refractivity (Wildman–Crippen MR) is 188 cm³/mol. The number of thiophene rings is 1. The molecule has 2 atom stereocenters. The average Bonchev–Trinajstić information content (AvgIpc) is 3.47. The fraction of sp³-hybridized carbons (Fsp3) is 0.184. The number of thioether (sulfide) groups is 1. The van der Waals surface area contributed by atoms with Gasteiger partial charge in [-0.25, -0.2) is 0 Å². The second-order valence-corrected chi connectivity index (χ2v) is 13.4. The quantitative estimate of drug-likeness (QED) is 0.146. The minimum Gasteiger partial charge on any atom is -0.493 e. The van der Waals surface area contributed by atoms with E-state index in [0.717, 1.165) is 35.3 Å². The summed E-state index contributed by atoms with van der Waals surface area (Å²) in [5.74, 6) is 0.878. The van der Waals surface area contributed by atoms with Crippen molar-refractivity contribution in [3.05, 3.63) is 136 Å². The van der Waals surface area contributed by atoms with Gasteiger partial charge in [0.1, 0.15) is 16.3 Å². The van der Waals surface area contributed by atoms with E-state index in [1.54, 1.807) is 31.4 Å². The highest BCUT2D eigenvalue weighted by atomic mass is 32.2. The van der Waals surface area contributed by atoms with Crippen LogP contribution in [0.25, 0.3) is 0 Å². The fourth-order valence-corrected chi connectivity index (χ4v) is 8.21. The first kappa shape index (κ1) is 31.9. The molecule has 1 aliphatic carbocycles. The Hall–Kier alpha value is -5.04. The molecule has 0 fully saturated rings. The first-order valence-electron chi connectivity index (χ1n) is 15.2. The largest absolute Gasteiger partial charge is 0.493 e. The molecule has 2 amide bonds. The lowest BCUT2D eigenvalue weighted by molar-refractivity contribution is -0.115. The minimum absolute atomic E-state index is 0.212. The lowest BCUT2D eigenvalue weighted by Crippen LogP contribution is -2.19. The molecule has 1 heterocycles. The molecule has 4 aromatic carbocycles. The minimum atomic E-state index is -0.601. The molecule has 0 aliphatic heterocycles. The van der Waals surface area contributed by atoms with Crippen LogP contribution >= 0.6 is 23.1 Å². The van der Waals surface area contributed by atoms with Gasteiger partial charge >= 0.3 is 0 Å². The molecule has 6 rings (SSSR count). The second kappa shape index (κ2) is 14.6. The van der Waals surface area contributed by atoms with Crippen LogP contribution in [0.3, 0.4) is 0 Å². The maximum Gasteiger partial charge on any atom is 0.255 e. The number of amides is 2. The molecular weight excluding hydrogens is 627 g/mol. The third-order valence-electron chi connectivity index (χ3n) is 8.22. The molecule has 7 nitrogen and oxygen atoms in total. The summed E-state index contributed by atoms with van der Waals surface area (Å²) < 4.78 is 10.6. The van der Waals surface area contributed by atoms with Gasteiger partial charge in [0.25, 0.3) is 5.91 Å². The molecular formula is C38H33N3O4S2. The van der Waals surface area contributed by atoms with Gasteiger partial charge in [-0.15, -0.1) is 23.1 Å². The van der Waals surface area contributed by atoms with Gasteiger partial charge in [0, 0.05) is 21.0 Å². The molecule has 1 aliphatic rings. The number of ether oxygens (including phenoxy) is 2. The van der Waals surface area contributed by atoms with E-state index in [1.807, 2.05) is 54.6 Å². The number of hydrogen-bond donors (Lipinski definition) is 2. The zero-order valence-corrected chi connectivity index (χ0v) is 27.6. The molecule has 2 unspecified atom stereocenters. The van der Waals surface area contributed by atoms with E-state index < -0.39 is 5.25 Å². The number of rotatable bonds is 10. The van der Waals surface area contributed by atoms with Crippen molar-refractivity contribution in [3.8, 4) is 17.6 Å². The summed E-state index contributed by atoms with van der Waals surface area (Å²) in [6, 6.07) is 34.8. The molecule has 0 saturated carbocycles. The van der Waals surface area contributed by atoms with Crippen molar-refractivity contribution in [2.45, 2.75) is 35.3 Å². The van der Waals surface area contributed by atoms with E-state index in [1.165, 1.54) is 40.6 Å². The summed E-state index contributed by atoms with van der Waals surface area (Å²) in [6.45, 7) is 0. The van der Waals surface area contributed by atoms with Crippen LogP contribution < -0.4 is 20.1 Å². The van der Waals surface area contributed by atoms with Gasteiger partial charge in [0.15, 0.2) is 11.5 Å². The molecule has 0 saturated heterocycles. The first-order chi connectivity index (χ1) is 23.0. The van der Waals surface area contributed by atoms with Crippen LogP contribution in [0.5, 0.6) is 11.5 Å². The number of benzene rings is 4. The molecule has 47 heavy (non-hydrogen) atoms. The molecule has 0 bridgehead atoms. The van der Waals surface area contributed by atoms with Crippen LogP contribution in [0.1, 0.15) is 55.1 Å². The Morgan fingerprint density at radius 2 is 1.64 bits per heavy atom. The van der Waals surface area contributed by atoms with Crippen molar-refractivity contribution in [2.24, 2.45) is 0 Å². The Kier molecular flexibility index (Phi) is 9.91. The van der Waals surface area contributed by atoms with Gasteiger partial charge in [-0.3, -0.25) is 9.59 Å². The fourth-order valence-electron chi connectivity index (χ4n) is 5.84. The Morgan fingerprint density at radius 3 is 2.36 bits per heavy atom. The summed E-state index contributed by atoms with van der Waals surface area (Å²) in [6.07, 6.45) is 2.63. The number of nitrogens with one attached hydrogen (secondary N) is 2. The summed E-state index contributed by atoms with van der Waals surface area (Å²) in [4.78, 5) is 29.1. The van der Waals surface area contributed by atoms with E-state index in [0.29, 0.717) is 39.2 Å². The molecule has 2 N–H and O–H groups in total.